The molecule has 0 spiro atoms. The number of methoxy groups -OCH3 is 1. The smallest absolute Gasteiger partial charge is 0.242 e. The van der Waals surface area contributed by atoms with Gasteiger partial charge in [-0.3, -0.25) is 13.9 Å². The lowest BCUT2D eigenvalue weighted by atomic mass is 10.1. The van der Waals surface area contributed by atoms with Gasteiger partial charge in [0.15, 0.2) is 0 Å². The van der Waals surface area contributed by atoms with Crippen LogP contribution < -0.4 is 14.4 Å². The molecule has 2 unspecified atom stereocenters. The number of rotatable bonds is 13. The van der Waals surface area contributed by atoms with Crippen LogP contribution in [0.25, 0.3) is 0 Å². The summed E-state index contributed by atoms with van der Waals surface area (Å²) in [5, 5.41) is 2.95. The monoisotopic (exact) mass is 531 g/mol. The van der Waals surface area contributed by atoms with Crippen LogP contribution in [0.5, 0.6) is 5.75 Å². The van der Waals surface area contributed by atoms with Crippen molar-refractivity contribution in [3.05, 3.63) is 59.2 Å². The van der Waals surface area contributed by atoms with Crippen molar-refractivity contribution in [2.75, 3.05) is 24.2 Å². The zero-order valence-corrected chi connectivity index (χ0v) is 23.9. The molecule has 0 saturated heterocycles. The summed E-state index contributed by atoms with van der Waals surface area (Å²) < 4.78 is 31.6. The van der Waals surface area contributed by atoms with Gasteiger partial charge in [-0.05, 0) is 81.5 Å². The van der Waals surface area contributed by atoms with Crippen molar-refractivity contribution < 1.29 is 22.7 Å². The van der Waals surface area contributed by atoms with Crippen LogP contribution in [0.2, 0.25) is 0 Å². The summed E-state index contributed by atoms with van der Waals surface area (Å²) in [7, 11) is -1.95. The normalized spacial score (nSPS) is 12.9. The predicted octanol–water partition coefficient (Wildman–Crippen LogP) is 4.19. The minimum Gasteiger partial charge on any atom is -0.497 e. The van der Waals surface area contributed by atoms with E-state index in [0.717, 1.165) is 23.1 Å². The first-order chi connectivity index (χ1) is 17.4. The Kier molecular flexibility index (Phi) is 11.0. The maximum atomic E-state index is 13.4. The third kappa shape index (κ3) is 8.77. The lowest BCUT2D eigenvalue weighted by Gasteiger charge is -2.30. The van der Waals surface area contributed by atoms with Crippen LogP contribution in [-0.4, -0.2) is 57.1 Å². The average molecular weight is 532 g/mol. The molecule has 1 N–H and O–H groups in total. The number of nitrogens with zero attached hydrogens (tertiary/aromatic N) is 2. The molecule has 0 radical (unpaired) electrons. The lowest BCUT2D eigenvalue weighted by Crippen LogP contribution is -2.49. The van der Waals surface area contributed by atoms with Gasteiger partial charge in [-0.2, -0.15) is 0 Å². The standard InChI is InChI=1S/C28H41N3O5S/c1-8-22(4)29-28(33)23(5)30(19-24-12-15-26(36-6)16-13-24)27(32)10-9-17-31(37(7,34)35)25-14-11-20(2)21(3)18-25/h11-16,18,22-23H,8-10,17,19H2,1-7H3,(H,29,33). The van der Waals surface area contributed by atoms with Crippen LogP contribution >= 0.6 is 0 Å². The van der Waals surface area contributed by atoms with E-state index in [1.54, 1.807) is 25.0 Å². The molecular formula is C28H41N3O5S. The Bertz CT molecular complexity index is 1160. The van der Waals surface area contributed by atoms with E-state index in [1.807, 2.05) is 64.1 Å². The quantitative estimate of drug-likeness (QED) is 0.418. The van der Waals surface area contributed by atoms with E-state index < -0.39 is 16.1 Å². The van der Waals surface area contributed by atoms with Gasteiger partial charge >= 0.3 is 0 Å². The van der Waals surface area contributed by atoms with E-state index >= 15 is 0 Å². The fraction of sp³-hybridized carbons (Fsp3) is 0.500. The summed E-state index contributed by atoms with van der Waals surface area (Å²) in [6, 6.07) is 12.2. The van der Waals surface area contributed by atoms with Crippen LogP contribution in [0.4, 0.5) is 5.69 Å². The number of hydrogen-bond acceptors (Lipinski definition) is 5. The summed E-state index contributed by atoms with van der Waals surface area (Å²) in [5.74, 6) is 0.275. The van der Waals surface area contributed by atoms with E-state index in [1.165, 1.54) is 10.6 Å². The van der Waals surface area contributed by atoms with Crippen LogP contribution in [0, 0.1) is 13.8 Å². The summed E-state index contributed by atoms with van der Waals surface area (Å²) in [6.07, 6.45) is 2.37. The molecule has 0 aliphatic rings. The SMILES string of the molecule is CCC(C)NC(=O)C(C)N(Cc1ccc(OC)cc1)C(=O)CCCN(c1ccc(C)c(C)c1)S(C)(=O)=O. The second-order valence-electron chi connectivity index (χ2n) is 9.57. The van der Waals surface area contributed by atoms with Crippen LogP contribution in [0.3, 0.4) is 0 Å². The Hall–Kier alpha value is -3.07. The highest BCUT2D eigenvalue weighted by Crippen LogP contribution is 2.22. The molecule has 0 aromatic heterocycles. The molecule has 2 amide bonds. The second-order valence-corrected chi connectivity index (χ2v) is 11.5. The third-order valence-corrected chi connectivity index (χ3v) is 7.81. The second kappa shape index (κ2) is 13.5. The molecule has 2 aromatic carbocycles. The number of nitrogens with one attached hydrogen (secondary N) is 1. The van der Waals surface area contributed by atoms with Crippen LogP contribution in [-0.2, 0) is 26.2 Å². The highest BCUT2D eigenvalue weighted by Gasteiger charge is 2.27. The van der Waals surface area contributed by atoms with Crippen molar-refractivity contribution in [2.45, 2.75) is 72.5 Å². The molecule has 2 atom stereocenters. The van der Waals surface area contributed by atoms with Crippen LogP contribution in [0.1, 0.15) is 56.7 Å². The fourth-order valence-corrected chi connectivity index (χ4v) is 4.82. The zero-order valence-electron chi connectivity index (χ0n) is 23.1. The number of ether oxygens (including phenoxy) is 1. The first-order valence-corrected chi connectivity index (χ1v) is 14.5. The minimum atomic E-state index is -3.53. The summed E-state index contributed by atoms with van der Waals surface area (Å²) in [4.78, 5) is 27.8. The first kappa shape index (κ1) is 30.2. The van der Waals surface area contributed by atoms with Crippen LogP contribution in [0.15, 0.2) is 42.5 Å². The maximum absolute atomic E-state index is 13.4. The molecule has 0 bridgehead atoms. The van der Waals surface area contributed by atoms with Gasteiger partial charge in [0.25, 0.3) is 0 Å². The highest BCUT2D eigenvalue weighted by molar-refractivity contribution is 7.92. The molecule has 9 heteroatoms. The number of aryl methyl sites for hydroxylation is 2. The number of hydrogen-bond donors (Lipinski definition) is 1. The zero-order chi connectivity index (χ0) is 27.8. The largest absolute Gasteiger partial charge is 0.497 e. The Morgan fingerprint density at radius 3 is 2.22 bits per heavy atom. The van der Waals surface area contributed by atoms with Crippen molar-refractivity contribution in [3.8, 4) is 5.75 Å². The van der Waals surface area contributed by atoms with Crippen molar-refractivity contribution in [3.63, 3.8) is 0 Å². The Balaban J connectivity index is 2.19. The van der Waals surface area contributed by atoms with Crippen molar-refractivity contribution >= 4 is 27.5 Å². The molecule has 8 nitrogen and oxygen atoms in total. The van der Waals surface area contributed by atoms with E-state index in [0.29, 0.717) is 17.9 Å². The topological polar surface area (TPSA) is 96.0 Å². The number of sulfonamides is 1. The molecular weight excluding hydrogens is 490 g/mol. The van der Waals surface area contributed by atoms with Gasteiger partial charge in [0.1, 0.15) is 11.8 Å². The van der Waals surface area contributed by atoms with E-state index in [9.17, 15) is 18.0 Å². The van der Waals surface area contributed by atoms with Gasteiger partial charge in [0.05, 0.1) is 19.1 Å². The molecule has 37 heavy (non-hydrogen) atoms. The molecule has 2 rings (SSSR count). The van der Waals surface area contributed by atoms with Gasteiger partial charge in [-0.25, -0.2) is 8.42 Å². The number of benzene rings is 2. The Labute approximate surface area is 222 Å². The van der Waals surface area contributed by atoms with Gasteiger partial charge in [0.2, 0.25) is 21.8 Å². The highest BCUT2D eigenvalue weighted by atomic mass is 32.2. The lowest BCUT2D eigenvalue weighted by molar-refractivity contribution is -0.140. The molecule has 0 fully saturated rings. The number of carbonyl (C=O) groups excluding carboxylic acids is 2. The molecule has 0 heterocycles. The Morgan fingerprint density at radius 1 is 1.03 bits per heavy atom. The van der Waals surface area contributed by atoms with Gasteiger partial charge < -0.3 is 15.0 Å². The summed E-state index contributed by atoms with van der Waals surface area (Å²) in [5.41, 5.74) is 3.51. The molecule has 0 aliphatic heterocycles. The third-order valence-electron chi connectivity index (χ3n) is 6.61. The van der Waals surface area contributed by atoms with E-state index in [2.05, 4.69) is 5.32 Å². The van der Waals surface area contributed by atoms with Gasteiger partial charge in [-0.1, -0.05) is 25.1 Å². The molecule has 204 valence electrons. The Morgan fingerprint density at radius 2 is 1.68 bits per heavy atom. The predicted molar refractivity (Wildman–Crippen MR) is 148 cm³/mol. The van der Waals surface area contributed by atoms with Crippen molar-refractivity contribution in [1.29, 1.82) is 0 Å². The number of carbonyl (C=O) groups is 2. The molecule has 0 saturated carbocycles. The summed E-state index contributed by atoms with van der Waals surface area (Å²) >= 11 is 0. The van der Waals surface area contributed by atoms with Crippen molar-refractivity contribution in [1.82, 2.24) is 10.2 Å². The van der Waals surface area contributed by atoms with E-state index in [4.69, 9.17) is 4.74 Å². The summed E-state index contributed by atoms with van der Waals surface area (Å²) in [6.45, 7) is 9.95. The molecule has 2 aromatic rings. The molecule has 0 aliphatic carbocycles. The first-order valence-electron chi connectivity index (χ1n) is 12.6. The number of amides is 2. The van der Waals surface area contributed by atoms with E-state index in [-0.39, 0.29) is 37.4 Å². The van der Waals surface area contributed by atoms with Crippen molar-refractivity contribution in [2.24, 2.45) is 0 Å². The average Bonchev–Trinajstić information content (AvgIpc) is 2.85. The van der Waals surface area contributed by atoms with Gasteiger partial charge in [-0.15, -0.1) is 0 Å². The minimum absolute atomic E-state index is 0.00540. The number of anilines is 1. The van der Waals surface area contributed by atoms with Gasteiger partial charge in [0, 0.05) is 25.6 Å². The fourth-order valence-electron chi connectivity index (χ4n) is 3.86. The maximum Gasteiger partial charge on any atom is 0.242 e.